The molecule has 5 rings (SSSR count). The molecule has 8 nitrogen and oxygen atoms in total. The standard InChI is InChI=1S/C21H18ClN5O3/c1-13-10-26-17-18(23-20(26)25(13)12-16-4-3-9-30-16)24(2)21(29)27(19(17)28)11-14-5-7-15(22)8-6-14/h3-10H,11-12H2,1-2H3. The molecule has 0 amide bonds. The van der Waals surface area contributed by atoms with Gasteiger partial charge >= 0.3 is 5.69 Å². The maximum atomic E-state index is 13.3. The highest BCUT2D eigenvalue weighted by Gasteiger charge is 2.20. The SMILES string of the molecule is Cc1cn2c3c(=O)n(Cc4ccc(Cl)cc4)c(=O)n(C)c3nc2n1Cc1ccco1. The third-order valence-electron chi connectivity index (χ3n) is 5.29. The fraction of sp³-hybridized carbons (Fsp3) is 0.190. The minimum absolute atomic E-state index is 0.151. The summed E-state index contributed by atoms with van der Waals surface area (Å²) in [4.78, 5) is 30.8. The van der Waals surface area contributed by atoms with Crippen molar-refractivity contribution in [2.24, 2.45) is 7.05 Å². The van der Waals surface area contributed by atoms with Gasteiger partial charge in [-0.3, -0.25) is 18.3 Å². The molecule has 9 heteroatoms. The summed E-state index contributed by atoms with van der Waals surface area (Å²) in [5, 5.41) is 0.598. The molecule has 30 heavy (non-hydrogen) atoms. The van der Waals surface area contributed by atoms with Gasteiger partial charge < -0.3 is 8.98 Å². The van der Waals surface area contributed by atoms with Gasteiger partial charge in [0, 0.05) is 24.0 Å². The lowest BCUT2D eigenvalue weighted by Gasteiger charge is -2.08. The molecule has 5 aromatic rings. The number of aromatic nitrogens is 5. The molecule has 152 valence electrons. The summed E-state index contributed by atoms with van der Waals surface area (Å²) in [6.45, 7) is 2.57. The maximum absolute atomic E-state index is 13.3. The van der Waals surface area contributed by atoms with Gasteiger partial charge in [0.25, 0.3) is 5.56 Å². The second-order valence-corrected chi connectivity index (χ2v) is 7.69. The largest absolute Gasteiger partial charge is 0.467 e. The Balaban J connectivity index is 1.72. The third kappa shape index (κ3) is 2.80. The number of imidazole rings is 2. The van der Waals surface area contributed by atoms with Crippen molar-refractivity contribution in [2.45, 2.75) is 20.0 Å². The Morgan fingerprint density at radius 3 is 2.53 bits per heavy atom. The molecule has 0 aliphatic rings. The van der Waals surface area contributed by atoms with Crippen LogP contribution in [0.5, 0.6) is 0 Å². The van der Waals surface area contributed by atoms with Crippen molar-refractivity contribution in [3.05, 3.63) is 91.7 Å². The summed E-state index contributed by atoms with van der Waals surface area (Å²) in [7, 11) is 1.62. The number of fused-ring (bicyclic) bond motifs is 3. The molecule has 0 aliphatic carbocycles. The Morgan fingerprint density at radius 1 is 1.07 bits per heavy atom. The van der Waals surface area contributed by atoms with E-state index in [2.05, 4.69) is 4.98 Å². The van der Waals surface area contributed by atoms with E-state index in [1.54, 1.807) is 42.0 Å². The lowest BCUT2D eigenvalue weighted by Crippen LogP contribution is -2.39. The monoisotopic (exact) mass is 423 g/mol. The van der Waals surface area contributed by atoms with E-state index in [0.29, 0.717) is 28.5 Å². The van der Waals surface area contributed by atoms with Crippen LogP contribution >= 0.6 is 11.6 Å². The Hall–Kier alpha value is -3.52. The molecule has 4 aromatic heterocycles. The second kappa shape index (κ2) is 6.77. The fourth-order valence-electron chi connectivity index (χ4n) is 3.72. The molecule has 0 bridgehead atoms. The van der Waals surface area contributed by atoms with Crippen LogP contribution in [-0.2, 0) is 20.1 Å². The smallest absolute Gasteiger partial charge is 0.332 e. The molecule has 0 N–H and O–H groups in total. The van der Waals surface area contributed by atoms with Gasteiger partial charge in [-0.05, 0) is 36.8 Å². The first-order valence-electron chi connectivity index (χ1n) is 9.38. The lowest BCUT2D eigenvalue weighted by atomic mass is 10.2. The number of rotatable bonds is 4. The molecule has 0 atom stereocenters. The van der Waals surface area contributed by atoms with Crippen molar-refractivity contribution in [3.8, 4) is 0 Å². The molecular weight excluding hydrogens is 406 g/mol. The first-order valence-corrected chi connectivity index (χ1v) is 9.76. The van der Waals surface area contributed by atoms with Crippen LogP contribution in [-0.4, -0.2) is 23.1 Å². The van der Waals surface area contributed by atoms with Gasteiger partial charge in [0.15, 0.2) is 11.2 Å². The van der Waals surface area contributed by atoms with Gasteiger partial charge in [0.05, 0.1) is 19.4 Å². The van der Waals surface area contributed by atoms with E-state index in [1.165, 1.54) is 9.13 Å². The number of nitrogens with zero attached hydrogens (tertiary/aromatic N) is 5. The summed E-state index contributed by atoms with van der Waals surface area (Å²) >= 11 is 5.94. The minimum atomic E-state index is -0.419. The Labute approximate surface area is 175 Å². The van der Waals surface area contributed by atoms with Crippen LogP contribution in [0.25, 0.3) is 16.9 Å². The Bertz CT molecular complexity index is 1500. The summed E-state index contributed by atoms with van der Waals surface area (Å²) in [5.41, 5.74) is 1.64. The number of benzene rings is 1. The molecule has 4 heterocycles. The number of furan rings is 1. The van der Waals surface area contributed by atoms with Gasteiger partial charge in [-0.15, -0.1) is 0 Å². The maximum Gasteiger partial charge on any atom is 0.332 e. The van der Waals surface area contributed by atoms with Crippen LogP contribution in [0.1, 0.15) is 17.0 Å². The number of hydrogen-bond donors (Lipinski definition) is 0. The number of halogens is 1. The zero-order valence-electron chi connectivity index (χ0n) is 16.4. The first-order chi connectivity index (χ1) is 14.4. The summed E-state index contributed by atoms with van der Waals surface area (Å²) in [6, 6.07) is 10.8. The van der Waals surface area contributed by atoms with Crippen molar-refractivity contribution < 1.29 is 4.42 Å². The van der Waals surface area contributed by atoms with Crippen molar-refractivity contribution in [1.82, 2.24) is 23.1 Å². The molecule has 0 spiro atoms. The first kappa shape index (κ1) is 18.5. The van der Waals surface area contributed by atoms with Crippen molar-refractivity contribution >= 4 is 28.5 Å². The van der Waals surface area contributed by atoms with E-state index in [1.807, 2.05) is 29.8 Å². The van der Waals surface area contributed by atoms with Crippen LogP contribution in [0.2, 0.25) is 5.02 Å². The highest BCUT2D eigenvalue weighted by Crippen LogP contribution is 2.18. The highest BCUT2D eigenvalue weighted by molar-refractivity contribution is 6.30. The zero-order chi connectivity index (χ0) is 21.0. The van der Waals surface area contributed by atoms with Crippen LogP contribution in [0.3, 0.4) is 0 Å². The van der Waals surface area contributed by atoms with Crippen LogP contribution in [0.4, 0.5) is 0 Å². The lowest BCUT2D eigenvalue weighted by molar-refractivity contribution is 0.494. The van der Waals surface area contributed by atoms with Gasteiger partial charge in [-0.2, -0.15) is 4.98 Å². The Kier molecular flexibility index (Phi) is 4.18. The number of hydrogen-bond acceptors (Lipinski definition) is 4. The quantitative estimate of drug-likeness (QED) is 0.445. The molecular formula is C21H18ClN5O3. The second-order valence-electron chi connectivity index (χ2n) is 7.25. The average Bonchev–Trinajstić information content (AvgIpc) is 3.43. The van der Waals surface area contributed by atoms with Gasteiger partial charge in [0.1, 0.15) is 5.76 Å². The molecule has 1 aromatic carbocycles. The van der Waals surface area contributed by atoms with E-state index in [-0.39, 0.29) is 12.1 Å². The molecule has 0 fully saturated rings. The van der Waals surface area contributed by atoms with E-state index in [4.69, 9.17) is 16.0 Å². The van der Waals surface area contributed by atoms with Crippen molar-refractivity contribution in [3.63, 3.8) is 0 Å². The topological polar surface area (TPSA) is 79.4 Å². The molecule has 0 saturated carbocycles. The van der Waals surface area contributed by atoms with Gasteiger partial charge in [-0.1, -0.05) is 23.7 Å². The van der Waals surface area contributed by atoms with E-state index < -0.39 is 5.69 Å². The van der Waals surface area contributed by atoms with Crippen molar-refractivity contribution in [1.29, 1.82) is 0 Å². The summed E-state index contributed by atoms with van der Waals surface area (Å²) < 4.78 is 11.8. The van der Waals surface area contributed by atoms with Crippen LogP contribution in [0, 0.1) is 6.92 Å². The highest BCUT2D eigenvalue weighted by atomic mass is 35.5. The van der Waals surface area contributed by atoms with E-state index in [9.17, 15) is 9.59 Å². The Morgan fingerprint density at radius 2 is 1.83 bits per heavy atom. The molecule has 0 aliphatic heterocycles. The normalized spacial score (nSPS) is 11.7. The minimum Gasteiger partial charge on any atom is -0.467 e. The van der Waals surface area contributed by atoms with Crippen LogP contribution < -0.4 is 11.2 Å². The third-order valence-corrected chi connectivity index (χ3v) is 5.54. The van der Waals surface area contributed by atoms with Crippen molar-refractivity contribution in [2.75, 3.05) is 0 Å². The predicted octanol–water partition coefficient (Wildman–Crippen LogP) is 2.80. The zero-order valence-corrected chi connectivity index (χ0v) is 17.1. The summed E-state index contributed by atoms with van der Waals surface area (Å²) in [5.74, 6) is 1.35. The fourth-order valence-corrected chi connectivity index (χ4v) is 3.85. The van der Waals surface area contributed by atoms with Crippen LogP contribution in [0.15, 0.2) is 62.9 Å². The average molecular weight is 424 g/mol. The predicted molar refractivity (Wildman–Crippen MR) is 113 cm³/mol. The van der Waals surface area contributed by atoms with E-state index >= 15 is 0 Å². The molecule has 0 saturated heterocycles. The van der Waals surface area contributed by atoms with Gasteiger partial charge in [0.2, 0.25) is 5.78 Å². The number of aryl methyl sites for hydroxylation is 2. The van der Waals surface area contributed by atoms with E-state index in [0.717, 1.165) is 17.0 Å². The van der Waals surface area contributed by atoms with Gasteiger partial charge in [-0.25, -0.2) is 4.79 Å². The molecule has 0 unspecified atom stereocenters. The molecule has 0 radical (unpaired) electrons. The summed E-state index contributed by atoms with van der Waals surface area (Å²) in [6.07, 6.45) is 3.47.